The Bertz CT molecular complexity index is 457. The summed E-state index contributed by atoms with van der Waals surface area (Å²) < 4.78 is 16.0. The standard InChI is InChI=1S/C16H23NO4/c1-19-14-5-3-4-6-15(14)21-11-13(16(18)20-2)12-7-9-17-10-8-12/h3-6,12-13,17H,7-11H2,1-2H3. The van der Waals surface area contributed by atoms with Gasteiger partial charge in [-0.2, -0.15) is 0 Å². The minimum Gasteiger partial charge on any atom is -0.493 e. The molecule has 1 saturated heterocycles. The maximum absolute atomic E-state index is 12.0. The number of carbonyl (C=O) groups is 1. The number of benzene rings is 1. The second-order valence-electron chi connectivity index (χ2n) is 5.18. The molecule has 0 radical (unpaired) electrons. The molecule has 2 rings (SSSR count). The van der Waals surface area contributed by atoms with Crippen LogP contribution in [0.5, 0.6) is 11.5 Å². The molecule has 0 bridgehead atoms. The molecule has 1 atom stereocenters. The first kappa shape index (κ1) is 15.6. The second kappa shape index (κ2) is 7.88. The summed E-state index contributed by atoms with van der Waals surface area (Å²) in [7, 11) is 3.03. The summed E-state index contributed by atoms with van der Waals surface area (Å²) in [5.41, 5.74) is 0. The Kier molecular flexibility index (Phi) is 5.87. The maximum Gasteiger partial charge on any atom is 0.312 e. The average molecular weight is 293 g/mol. The first-order chi connectivity index (χ1) is 10.3. The van der Waals surface area contributed by atoms with Crippen molar-refractivity contribution in [3.8, 4) is 11.5 Å². The van der Waals surface area contributed by atoms with Gasteiger partial charge in [0.1, 0.15) is 6.61 Å². The Balaban J connectivity index is 2.02. The molecule has 21 heavy (non-hydrogen) atoms. The van der Waals surface area contributed by atoms with E-state index in [9.17, 15) is 4.79 Å². The van der Waals surface area contributed by atoms with Gasteiger partial charge in [-0.3, -0.25) is 4.79 Å². The minimum absolute atomic E-state index is 0.197. The van der Waals surface area contributed by atoms with Crippen LogP contribution in [0.2, 0.25) is 0 Å². The molecule has 1 aromatic rings. The molecule has 0 spiro atoms. The molecule has 0 aromatic heterocycles. The van der Waals surface area contributed by atoms with E-state index >= 15 is 0 Å². The van der Waals surface area contributed by atoms with Crippen LogP contribution in [0.25, 0.3) is 0 Å². The van der Waals surface area contributed by atoms with Crippen molar-refractivity contribution in [1.82, 2.24) is 5.32 Å². The van der Waals surface area contributed by atoms with Gasteiger partial charge in [0, 0.05) is 0 Å². The monoisotopic (exact) mass is 293 g/mol. The molecule has 1 aliphatic rings. The Labute approximate surface area is 125 Å². The van der Waals surface area contributed by atoms with Crippen molar-refractivity contribution >= 4 is 5.97 Å². The minimum atomic E-state index is -0.234. The van der Waals surface area contributed by atoms with Gasteiger partial charge in [0.2, 0.25) is 0 Å². The normalized spacial score (nSPS) is 17.0. The van der Waals surface area contributed by atoms with Gasteiger partial charge in [-0.25, -0.2) is 0 Å². The zero-order valence-corrected chi connectivity index (χ0v) is 12.6. The first-order valence-corrected chi connectivity index (χ1v) is 7.30. The Morgan fingerprint density at radius 1 is 1.24 bits per heavy atom. The molecule has 0 aliphatic carbocycles. The van der Waals surface area contributed by atoms with E-state index in [0.717, 1.165) is 25.9 Å². The number of ether oxygens (including phenoxy) is 3. The van der Waals surface area contributed by atoms with E-state index in [1.165, 1.54) is 7.11 Å². The van der Waals surface area contributed by atoms with E-state index < -0.39 is 0 Å². The highest BCUT2D eigenvalue weighted by atomic mass is 16.5. The Morgan fingerprint density at radius 2 is 1.90 bits per heavy atom. The van der Waals surface area contributed by atoms with Gasteiger partial charge in [-0.1, -0.05) is 12.1 Å². The molecule has 116 valence electrons. The summed E-state index contributed by atoms with van der Waals surface area (Å²) in [4.78, 5) is 12.0. The molecule has 5 heteroatoms. The van der Waals surface area contributed by atoms with Crippen molar-refractivity contribution in [3.05, 3.63) is 24.3 Å². The molecular weight excluding hydrogens is 270 g/mol. The van der Waals surface area contributed by atoms with E-state index in [1.807, 2.05) is 24.3 Å². The van der Waals surface area contributed by atoms with Crippen molar-refractivity contribution in [2.75, 3.05) is 33.9 Å². The topological polar surface area (TPSA) is 56.8 Å². The van der Waals surface area contributed by atoms with Crippen LogP contribution in [-0.4, -0.2) is 39.9 Å². The van der Waals surface area contributed by atoms with Gasteiger partial charge >= 0.3 is 5.97 Å². The number of esters is 1. The van der Waals surface area contributed by atoms with E-state index in [1.54, 1.807) is 7.11 Å². The van der Waals surface area contributed by atoms with E-state index in [-0.39, 0.29) is 11.9 Å². The Morgan fingerprint density at radius 3 is 2.52 bits per heavy atom. The molecule has 5 nitrogen and oxygen atoms in total. The quantitative estimate of drug-likeness (QED) is 0.811. The number of hydrogen-bond acceptors (Lipinski definition) is 5. The third kappa shape index (κ3) is 4.11. The highest BCUT2D eigenvalue weighted by Crippen LogP contribution is 2.29. The lowest BCUT2D eigenvalue weighted by Crippen LogP contribution is -2.38. The van der Waals surface area contributed by atoms with E-state index in [0.29, 0.717) is 24.0 Å². The second-order valence-corrected chi connectivity index (χ2v) is 5.18. The SMILES string of the molecule is COC(=O)C(COc1ccccc1OC)C1CCNCC1. The third-order valence-electron chi connectivity index (χ3n) is 3.94. The molecule has 0 amide bonds. The van der Waals surface area contributed by atoms with Gasteiger partial charge in [0.15, 0.2) is 11.5 Å². The maximum atomic E-state index is 12.0. The number of carbonyl (C=O) groups excluding carboxylic acids is 1. The van der Waals surface area contributed by atoms with Crippen LogP contribution in [0.1, 0.15) is 12.8 Å². The summed E-state index contributed by atoms with van der Waals surface area (Å²) in [5.74, 6) is 1.20. The Hall–Kier alpha value is -1.75. The lowest BCUT2D eigenvalue weighted by atomic mass is 9.85. The number of rotatable bonds is 6. The number of methoxy groups -OCH3 is 2. The lowest BCUT2D eigenvalue weighted by molar-refractivity contribution is -0.149. The fraction of sp³-hybridized carbons (Fsp3) is 0.562. The summed E-state index contributed by atoms with van der Waals surface area (Å²) in [5, 5.41) is 3.31. The summed E-state index contributed by atoms with van der Waals surface area (Å²) in [6.45, 7) is 2.19. The highest BCUT2D eigenvalue weighted by molar-refractivity contribution is 5.72. The molecule has 1 N–H and O–H groups in total. The van der Waals surface area contributed by atoms with Crippen LogP contribution in [0.3, 0.4) is 0 Å². The third-order valence-corrected chi connectivity index (χ3v) is 3.94. The molecule has 1 unspecified atom stereocenters. The molecule has 0 saturated carbocycles. The lowest BCUT2D eigenvalue weighted by Gasteiger charge is -2.29. The van der Waals surface area contributed by atoms with Crippen LogP contribution in [0, 0.1) is 11.8 Å². The van der Waals surface area contributed by atoms with Crippen LogP contribution in [-0.2, 0) is 9.53 Å². The van der Waals surface area contributed by atoms with Crippen molar-refractivity contribution in [2.24, 2.45) is 11.8 Å². The van der Waals surface area contributed by atoms with Gasteiger partial charge in [0.25, 0.3) is 0 Å². The smallest absolute Gasteiger partial charge is 0.312 e. The van der Waals surface area contributed by atoms with E-state index in [2.05, 4.69) is 5.32 Å². The summed E-state index contributed by atoms with van der Waals surface area (Å²) in [6, 6.07) is 7.45. The molecule has 1 aromatic carbocycles. The zero-order valence-electron chi connectivity index (χ0n) is 12.6. The largest absolute Gasteiger partial charge is 0.493 e. The fourth-order valence-corrected chi connectivity index (χ4v) is 2.71. The van der Waals surface area contributed by atoms with E-state index in [4.69, 9.17) is 14.2 Å². The number of hydrogen-bond donors (Lipinski definition) is 1. The molecule has 1 fully saturated rings. The van der Waals surface area contributed by atoms with Crippen molar-refractivity contribution in [1.29, 1.82) is 0 Å². The average Bonchev–Trinajstić information content (AvgIpc) is 2.56. The number of piperidine rings is 1. The van der Waals surface area contributed by atoms with Crippen LogP contribution in [0.15, 0.2) is 24.3 Å². The van der Waals surface area contributed by atoms with Crippen molar-refractivity contribution < 1.29 is 19.0 Å². The van der Waals surface area contributed by atoms with Gasteiger partial charge in [-0.05, 0) is 44.0 Å². The van der Waals surface area contributed by atoms with Crippen LogP contribution in [0.4, 0.5) is 0 Å². The first-order valence-electron chi connectivity index (χ1n) is 7.30. The van der Waals surface area contributed by atoms with Crippen molar-refractivity contribution in [2.45, 2.75) is 12.8 Å². The fourth-order valence-electron chi connectivity index (χ4n) is 2.71. The van der Waals surface area contributed by atoms with Crippen LogP contribution >= 0.6 is 0 Å². The highest BCUT2D eigenvalue weighted by Gasteiger charge is 2.31. The predicted octanol–water partition coefficient (Wildman–Crippen LogP) is 1.86. The molecule has 1 aliphatic heterocycles. The molecule has 1 heterocycles. The zero-order chi connectivity index (χ0) is 15.1. The van der Waals surface area contributed by atoms with Gasteiger partial charge in [0.05, 0.1) is 20.1 Å². The van der Waals surface area contributed by atoms with Crippen molar-refractivity contribution in [3.63, 3.8) is 0 Å². The number of nitrogens with one attached hydrogen (secondary N) is 1. The predicted molar refractivity (Wildman–Crippen MR) is 79.6 cm³/mol. The summed E-state index contributed by atoms with van der Waals surface area (Å²) in [6.07, 6.45) is 1.93. The molecular formula is C16H23NO4. The van der Waals surface area contributed by atoms with Gasteiger partial charge < -0.3 is 19.5 Å². The van der Waals surface area contributed by atoms with Gasteiger partial charge in [-0.15, -0.1) is 0 Å². The number of para-hydroxylation sites is 2. The van der Waals surface area contributed by atoms with Crippen LogP contribution < -0.4 is 14.8 Å². The summed E-state index contributed by atoms with van der Waals surface area (Å²) >= 11 is 0.